The molecule has 0 spiro atoms. The first-order valence-corrected chi connectivity index (χ1v) is 6.61. The van der Waals surface area contributed by atoms with E-state index in [0.29, 0.717) is 0 Å². The summed E-state index contributed by atoms with van der Waals surface area (Å²) in [5.41, 5.74) is 2.14. The van der Waals surface area contributed by atoms with Gasteiger partial charge in [0.1, 0.15) is 0 Å². The van der Waals surface area contributed by atoms with Gasteiger partial charge < -0.3 is 0 Å². The van der Waals surface area contributed by atoms with Crippen LogP contribution in [0.25, 0.3) is 6.08 Å². The Morgan fingerprint density at radius 2 is 1.86 bits per heavy atom. The van der Waals surface area contributed by atoms with E-state index < -0.39 is 9.05 Å². The van der Waals surface area contributed by atoms with Gasteiger partial charge in [0.25, 0.3) is 0 Å². The summed E-state index contributed by atoms with van der Waals surface area (Å²) in [6.45, 7) is 2.00. The Morgan fingerprint density at radius 1 is 1.29 bits per heavy atom. The van der Waals surface area contributed by atoms with E-state index in [1.165, 1.54) is 11.6 Å². The molecule has 0 unspecified atom stereocenters. The summed E-state index contributed by atoms with van der Waals surface area (Å²) in [6, 6.07) is 7.78. The maximum atomic E-state index is 10.6. The number of rotatable bonds is 3. The van der Waals surface area contributed by atoms with Crippen molar-refractivity contribution in [1.82, 2.24) is 0 Å². The molecule has 0 radical (unpaired) electrons. The normalized spacial score (nSPS) is 12.1. The Balaban J connectivity index is 2.65. The monoisotopic (exact) mass is 230 g/mol. The standard InChI is InChI=1S/C10H11ClO2S/c1-9-4-6-10(7-5-9)3-2-8-14(11,12)13/h2-7H,8H2,1H3/b3-2+. The van der Waals surface area contributed by atoms with Crippen LogP contribution in [0.15, 0.2) is 30.3 Å². The van der Waals surface area contributed by atoms with Crippen LogP contribution in [0.1, 0.15) is 11.1 Å². The molecule has 4 heteroatoms. The molecule has 76 valence electrons. The van der Waals surface area contributed by atoms with Crippen LogP contribution >= 0.6 is 10.7 Å². The molecule has 0 aromatic heterocycles. The highest BCUT2D eigenvalue weighted by Gasteiger charge is 1.99. The number of hydrogen-bond acceptors (Lipinski definition) is 2. The van der Waals surface area contributed by atoms with Crippen LogP contribution in [0.2, 0.25) is 0 Å². The number of aryl methyl sites for hydroxylation is 1. The summed E-state index contributed by atoms with van der Waals surface area (Å²) in [5, 5.41) is 0. The second-order valence-corrected chi connectivity index (χ2v) is 5.84. The lowest BCUT2D eigenvalue weighted by atomic mass is 10.1. The van der Waals surface area contributed by atoms with E-state index in [2.05, 4.69) is 0 Å². The molecule has 0 saturated carbocycles. The lowest BCUT2D eigenvalue weighted by molar-refractivity contribution is 0.612. The summed E-state index contributed by atoms with van der Waals surface area (Å²) in [6.07, 6.45) is 3.27. The molecule has 0 saturated heterocycles. The lowest BCUT2D eigenvalue weighted by Crippen LogP contribution is -1.91. The maximum Gasteiger partial charge on any atom is 0.236 e. The second-order valence-electron chi connectivity index (χ2n) is 3.02. The van der Waals surface area contributed by atoms with Crippen LogP contribution in [-0.2, 0) is 9.05 Å². The van der Waals surface area contributed by atoms with Crippen molar-refractivity contribution in [2.24, 2.45) is 0 Å². The number of halogens is 1. The SMILES string of the molecule is Cc1ccc(/C=C/CS(=O)(=O)Cl)cc1. The Hall–Kier alpha value is -0.800. The molecule has 1 rings (SSSR count). The quantitative estimate of drug-likeness (QED) is 0.748. The molecule has 0 fully saturated rings. The summed E-state index contributed by atoms with van der Waals surface area (Å²) < 4.78 is 21.2. The lowest BCUT2D eigenvalue weighted by Gasteiger charge is -1.94. The first-order chi connectivity index (χ1) is 6.47. The molecule has 0 aliphatic carbocycles. The molecule has 2 nitrogen and oxygen atoms in total. The fourth-order valence-corrected chi connectivity index (χ4v) is 1.52. The van der Waals surface area contributed by atoms with Crippen molar-refractivity contribution in [3.63, 3.8) is 0 Å². The van der Waals surface area contributed by atoms with Gasteiger partial charge >= 0.3 is 0 Å². The van der Waals surface area contributed by atoms with Gasteiger partial charge in [-0.05, 0) is 12.5 Å². The minimum absolute atomic E-state index is 0.136. The van der Waals surface area contributed by atoms with Crippen LogP contribution in [0, 0.1) is 6.92 Å². The van der Waals surface area contributed by atoms with Crippen molar-refractivity contribution < 1.29 is 8.42 Å². The predicted octanol–water partition coefficient (Wildman–Crippen LogP) is 2.58. The van der Waals surface area contributed by atoms with Crippen molar-refractivity contribution in [2.75, 3.05) is 5.75 Å². The van der Waals surface area contributed by atoms with Gasteiger partial charge in [-0.3, -0.25) is 0 Å². The van der Waals surface area contributed by atoms with Crippen molar-refractivity contribution in [1.29, 1.82) is 0 Å². The molecule has 0 amide bonds. The summed E-state index contributed by atoms with van der Waals surface area (Å²) >= 11 is 0. The highest BCUT2D eigenvalue weighted by molar-refractivity contribution is 8.13. The average Bonchev–Trinajstić information content (AvgIpc) is 2.06. The maximum absolute atomic E-state index is 10.6. The Kier molecular flexibility index (Phi) is 3.72. The van der Waals surface area contributed by atoms with Crippen LogP contribution in [0.5, 0.6) is 0 Å². The van der Waals surface area contributed by atoms with E-state index in [1.54, 1.807) is 6.08 Å². The largest absolute Gasteiger partial charge is 0.236 e. The van der Waals surface area contributed by atoms with Crippen molar-refractivity contribution in [3.8, 4) is 0 Å². The van der Waals surface area contributed by atoms with Gasteiger partial charge in [-0.1, -0.05) is 42.0 Å². The number of hydrogen-bond donors (Lipinski definition) is 0. The molecule has 0 heterocycles. The molecule has 1 aromatic carbocycles. The first-order valence-electron chi connectivity index (χ1n) is 4.13. The fourth-order valence-electron chi connectivity index (χ4n) is 0.977. The van der Waals surface area contributed by atoms with Gasteiger partial charge in [0.2, 0.25) is 9.05 Å². The zero-order chi connectivity index (χ0) is 10.6. The van der Waals surface area contributed by atoms with Crippen LogP contribution < -0.4 is 0 Å². The van der Waals surface area contributed by atoms with E-state index in [-0.39, 0.29) is 5.75 Å². The molecule has 0 aliphatic rings. The molecule has 0 aliphatic heterocycles. The molecule has 14 heavy (non-hydrogen) atoms. The van der Waals surface area contributed by atoms with Crippen LogP contribution in [-0.4, -0.2) is 14.2 Å². The van der Waals surface area contributed by atoms with E-state index in [0.717, 1.165) is 5.56 Å². The molecule has 1 aromatic rings. The van der Waals surface area contributed by atoms with Crippen LogP contribution in [0.3, 0.4) is 0 Å². The van der Waals surface area contributed by atoms with Gasteiger partial charge in [0.15, 0.2) is 0 Å². The predicted molar refractivity (Wildman–Crippen MR) is 59.9 cm³/mol. The molecule has 0 bridgehead atoms. The third-order valence-corrected chi connectivity index (χ3v) is 2.65. The van der Waals surface area contributed by atoms with E-state index in [9.17, 15) is 8.42 Å². The second kappa shape index (κ2) is 4.62. The van der Waals surface area contributed by atoms with E-state index in [1.807, 2.05) is 31.2 Å². The van der Waals surface area contributed by atoms with Gasteiger partial charge in [0.05, 0.1) is 5.75 Å². The third-order valence-electron chi connectivity index (χ3n) is 1.68. The van der Waals surface area contributed by atoms with Crippen molar-refractivity contribution in [2.45, 2.75) is 6.92 Å². The first kappa shape index (κ1) is 11.3. The zero-order valence-corrected chi connectivity index (χ0v) is 9.35. The summed E-state index contributed by atoms with van der Waals surface area (Å²) in [5.74, 6) is -0.136. The van der Waals surface area contributed by atoms with Gasteiger partial charge in [-0.15, -0.1) is 0 Å². The van der Waals surface area contributed by atoms with Gasteiger partial charge in [-0.2, -0.15) is 0 Å². The Bertz CT molecular complexity index is 418. The fraction of sp³-hybridized carbons (Fsp3) is 0.200. The average molecular weight is 231 g/mol. The summed E-state index contributed by atoms with van der Waals surface area (Å²) in [4.78, 5) is 0. The van der Waals surface area contributed by atoms with Crippen molar-refractivity contribution in [3.05, 3.63) is 41.5 Å². The van der Waals surface area contributed by atoms with Gasteiger partial charge in [0, 0.05) is 10.7 Å². The van der Waals surface area contributed by atoms with E-state index in [4.69, 9.17) is 10.7 Å². The minimum Gasteiger partial charge on any atom is -0.212 e. The molecule has 0 N–H and O–H groups in total. The third kappa shape index (κ3) is 4.44. The smallest absolute Gasteiger partial charge is 0.212 e. The zero-order valence-electron chi connectivity index (χ0n) is 7.77. The highest BCUT2D eigenvalue weighted by atomic mass is 35.7. The molecule has 0 atom stereocenters. The number of benzene rings is 1. The summed E-state index contributed by atoms with van der Waals surface area (Å²) in [7, 11) is 1.63. The molecular formula is C10H11ClO2S. The topological polar surface area (TPSA) is 34.1 Å². The van der Waals surface area contributed by atoms with E-state index >= 15 is 0 Å². The molecular weight excluding hydrogens is 220 g/mol. The van der Waals surface area contributed by atoms with Gasteiger partial charge in [-0.25, -0.2) is 8.42 Å². The highest BCUT2D eigenvalue weighted by Crippen LogP contribution is 2.06. The Morgan fingerprint density at radius 3 is 2.36 bits per heavy atom. The van der Waals surface area contributed by atoms with Crippen molar-refractivity contribution >= 4 is 25.8 Å². The minimum atomic E-state index is -3.42. The van der Waals surface area contributed by atoms with Crippen LogP contribution in [0.4, 0.5) is 0 Å². The Labute approximate surface area is 88.6 Å².